The van der Waals surface area contributed by atoms with E-state index >= 15 is 0 Å². The molecule has 0 bridgehead atoms. The van der Waals surface area contributed by atoms with Crippen molar-refractivity contribution in [3.8, 4) is 0 Å². The summed E-state index contributed by atoms with van der Waals surface area (Å²) in [6.07, 6.45) is 1.83. The van der Waals surface area contributed by atoms with E-state index in [-0.39, 0.29) is 24.0 Å². The van der Waals surface area contributed by atoms with Gasteiger partial charge in [0.25, 0.3) is 0 Å². The predicted molar refractivity (Wildman–Crippen MR) is 120 cm³/mol. The van der Waals surface area contributed by atoms with Gasteiger partial charge in [0.1, 0.15) is 5.82 Å². The Labute approximate surface area is 172 Å². The van der Waals surface area contributed by atoms with E-state index in [0.29, 0.717) is 12.5 Å². The molecule has 0 fully saturated rings. The molecule has 0 radical (unpaired) electrons. The van der Waals surface area contributed by atoms with Gasteiger partial charge in [0, 0.05) is 44.2 Å². The first-order chi connectivity index (χ1) is 11.6. The Bertz CT molecular complexity index is 643. The number of rotatable bonds is 7. The standard InChI is InChI=1S/C18H27N5S.HI/c1-5-19-18(21-12-14(2)16-7-6-10-24-16)22-13-15-8-9-20-17(11-15)23(3)4;/h6-11,14H,5,12-13H2,1-4H3,(H2,19,21,22);1H. The fourth-order valence-corrected chi connectivity index (χ4v) is 3.02. The van der Waals surface area contributed by atoms with Gasteiger partial charge in [-0.15, -0.1) is 35.3 Å². The largest absolute Gasteiger partial charge is 0.363 e. The minimum atomic E-state index is 0. The van der Waals surface area contributed by atoms with Gasteiger partial charge in [0.2, 0.25) is 0 Å². The Balaban J connectivity index is 0.00000312. The number of nitrogens with zero attached hydrogens (tertiary/aromatic N) is 3. The average molecular weight is 473 g/mol. The summed E-state index contributed by atoms with van der Waals surface area (Å²) in [5, 5.41) is 8.86. The molecule has 0 aliphatic heterocycles. The lowest BCUT2D eigenvalue weighted by atomic mass is 10.1. The number of aromatic nitrogens is 1. The van der Waals surface area contributed by atoms with E-state index in [1.54, 1.807) is 11.3 Å². The van der Waals surface area contributed by atoms with Crippen molar-refractivity contribution < 1.29 is 0 Å². The summed E-state index contributed by atoms with van der Waals surface area (Å²) in [4.78, 5) is 12.4. The molecule has 2 N–H and O–H groups in total. The summed E-state index contributed by atoms with van der Waals surface area (Å²) in [5.74, 6) is 2.27. The first-order valence-electron chi connectivity index (χ1n) is 8.28. The molecular weight excluding hydrogens is 445 g/mol. The minimum absolute atomic E-state index is 0. The van der Waals surface area contributed by atoms with Crippen molar-refractivity contribution in [2.24, 2.45) is 4.99 Å². The number of anilines is 1. The fourth-order valence-electron chi connectivity index (χ4n) is 2.24. The van der Waals surface area contributed by atoms with Crippen molar-refractivity contribution in [1.29, 1.82) is 0 Å². The monoisotopic (exact) mass is 473 g/mol. The van der Waals surface area contributed by atoms with Gasteiger partial charge < -0.3 is 15.5 Å². The SMILES string of the molecule is CCNC(=NCc1ccnc(N(C)C)c1)NCC(C)c1cccs1.I. The second-order valence-corrected chi connectivity index (χ2v) is 6.89. The zero-order valence-corrected chi connectivity index (χ0v) is 18.5. The van der Waals surface area contributed by atoms with Crippen LogP contribution < -0.4 is 15.5 Å². The number of hydrogen-bond acceptors (Lipinski definition) is 4. The molecule has 138 valence electrons. The van der Waals surface area contributed by atoms with Crippen LogP contribution >= 0.6 is 35.3 Å². The van der Waals surface area contributed by atoms with E-state index in [4.69, 9.17) is 0 Å². The van der Waals surface area contributed by atoms with E-state index in [2.05, 4.69) is 58.0 Å². The highest BCUT2D eigenvalue weighted by molar-refractivity contribution is 14.0. The number of guanidine groups is 1. The molecule has 0 saturated carbocycles. The second kappa shape index (κ2) is 11.3. The Morgan fingerprint density at radius 2 is 2.12 bits per heavy atom. The molecule has 0 aliphatic rings. The van der Waals surface area contributed by atoms with E-state index in [0.717, 1.165) is 30.4 Å². The summed E-state index contributed by atoms with van der Waals surface area (Å²) >= 11 is 1.80. The molecular formula is C18H28IN5S. The third-order valence-electron chi connectivity index (χ3n) is 3.64. The summed E-state index contributed by atoms with van der Waals surface area (Å²) in [6.45, 7) is 6.65. The van der Waals surface area contributed by atoms with E-state index < -0.39 is 0 Å². The molecule has 5 nitrogen and oxygen atoms in total. The molecule has 0 spiro atoms. The smallest absolute Gasteiger partial charge is 0.191 e. The van der Waals surface area contributed by atoms with Gasteiger partial charge in [0.15, 0.2) is 5.96 Å². The van der Waals surface area contributed by atoms with Crippen LogP contribution in [0.2, 0.25) is 0 Å². The van der Waals surface area contributed by atoms with Crippen LogP contribution in [-0.4, -0.2) is 38.1 Å². The minimum Gasteiger partial charge on any atom is -0.363 e. The van der Waals surface area contributed by atoms with Crippen LogP contribution in [0.3, 0.4) is 0 Å². The zero-order chi connectivity index (χ0) is 17.4. The maximum absolute atomic E-state index is 4.69. The molecule has 0 amide bonds. The molecule has 2 heterocycles. The topological polar surface area (TPSA) is 52.6 Å². The van der Waals surface area contributed by atoms with Crippen molar-refractivity contribution >= 4 is 47.1 Å². The maximum atomic E-state index is 4.69. The Kier molecular flexibility index (Phi) is 9.81. The van der Waals surface area contributed by atoms with Gasteiger partial charge in [-0.1, -0.05) is 13.0 Å². The van der Waals surface area contributed by atoms with E-state index in [9.17, 15) is 0 Å². The van der Waals surface area contributed by atoms with Crippen molar-refractivity contribution in [2.75, 3.05) is 32.1 Å². The van der Waals surface area contributed by atoms with Gasteiger partial charge in [0.05, 0.1) is 6.54 Å². The Morgan fingerprint density at radius 3 is 2.76 bits per heavy atom. The molecule has 2 aromatic heterocycles. The first-order valence-corrected chi connectivity index (χ1v) is 9.16. The van der Waals surface area contributed by atoms with Crippen molar-refractivity contribution in [2.45, 2.75) is 26.3 Å². The number of nitrogens with one attached hydrogen (secondary N) is 2. The zero-order valence-electron chi connectivity index (χ0n) is 15.3. The first kappa shape index (κ1) is 21.7. The molecule has 7 heteroatoms. The summed E-state index contributed by atoms with van der Waals surface area (Å²) in [5.41, 5.74) is 1.15. The second-order valence-electron chi connectivity index (χ2n) is 5.91. The van der Waals surface area contributed by atoms with Crippen LogP contribution in [0.25, 0.3) is 0 Å². The lowest BCUT2D eigenvalue weighted by molar-refractivity contribution is 0.709. The summed E-state index contributed by atoms with van der Waals surface area (Å²) < 4.78 is 0. The highest BCUT2D eigenvalue weighted by atomic mass is 127. The van der Waals surface area contributed by atoms with Gasteiger partial charge in [-0.2, -0.15) is 0 Å². The lowest BCUT2D eigenvalue weighted by Crippen LogP contribution is -2.39. The molecule has 25 heavy (non-hydrogen) atoms. The van der Waals surface area contributed by atoms with Crippen molar-refractivity contribution in [1.82, 2.24) is 15.6 Å². The third-order valence-corrected chi connectivity index (χ3v) is 4.74. The molecule has 2 rings (SSSR count). The number of thiophene rings is 1. The molecule has 1 atom stereocenters. The van der Waals surface area contributed by atoms with Gasteiger partial charge in [-0.3, -0.25) is 0 Å². The normalized spacial score (nSPS) is 12.2. The van der Waals surface area contributed by atoms with Gasteiger partial charge >= 0.3 is 0 Å². The van der Waals surface area contributed by atoms with Crippen molar-refractivity contribution in [3.63, 3.8) is 0 Å². The molecule has 1 unspecified atom stereocenters. The summed E-state index contributed by atoms with van der Waals surface area (Å²) in [6, 6.07) is 8.36. The van der Waals surface area contributed by atoms with E-state index in [1.807, 2.05) is 31.3 Å². The third kappa shape index (κ3) is 7.19. The predicted octanol–water partition coefficient (Wildman–Crippen LogP) is 3.69. The van der Waals surface area contributed by atoms with Crippen LogP contribution in [0.5, 0.6) is 0 Å². The number of pyridine rings is 1. The number of halogens is 1. The quantitative estimate of drug-likeness (QED) is 0.366. The number of hydrogen-bond donors (Lipinski definition) is 2. The van der Waals surface area contributed by atoms with Gasteiger partial charge in [-0.25, -0.2) is 9.98 Å². The molecule has 2 aromatic rings. The van der Waals surface area contributed by atoms with Crippen LogP contribution in [0.1, 0.15) is 30.2 Å². The van der Waals surface area contributed by atoms with E-state index in [1.165, 1.54) is 4.88 Å². The van der Waals surface area contributed by atoms with Crippen LogP contribution in [-0.2, 0) is 6.54 Å². The Hall–Kier alpha value is -1.35. The Morgan fingerprint density at radius 1 is 1.32 bits per heavy atom. The van der Waals surface area contributed by atoms with Gasteiger partial charge in [-0.05, 0) is 36.1 Å². The lowest BCUT2D eigenvalue weighted by Gasteiger charge is -2.15. The highest BCUT2D eigenvalue weighted by Crippen LogP contribution is 2.19. The number of aliphatic imine (C=N–C) groups is 1. The maximum Gasteiger partial charge on any atom is 0.191 e. The average Bonchev–Trinajstić information content (AvgIpc) is 3.12. The van der Waals surface area contributed by atoms with Crippen LogP contribution in [0.4, 0.5) is 5.82 Å². The summed E-state index contributed by atoms with van der Waals surface area (Å²) in [7, 11) is 3.99. The highest BCUT2D eigenvalue weighted by Gasteiger charge is 2.07. The van der Waals surface area contributed by atoms with Crippen LogP contribution in [0.15, 0.2) is 40.8 Å². The molecule has 0 saturated heterocycles. The van der Waals surface area contributed by atoms with Crippen molar-refractivity contribution in [3.05, 3.63) is 46.3 Å². The molecule has 0 aromatic carbocycles. The molecule has 0 aliphatic carbocycles. The fraction of sp³-hybridized carbons (Fsp3) is 0.444. The van der Waals surface area contributed by atoms with Crippen LogP contribution in [0, 0.1) is 0 Å².